The molecule has 30 heavy (non-hydrogen) atoms. The largest absolute Gasteiger partial charge is 0.497 e. The molecule has 1 aromatic heterocycles. The molecule has 0 unspecified atom stereocenters. The Morgan fingerprint density at radius 2 is 1.73 bits per heavy atom. The van der Waals surface area contributed by atoms with Crippen molar-refractivity contribution in [2.24, 2.45) is 0 Å². The van der Waals surface area contributed by atoms with Crippen molar-refractivity contribution in [3.63, 3.8) is 0 Å². The molecular formula is C25H23N3O2. The number of nitrogens with zero attached hydrogens (tertiary/aromatic N) is 2. The first kappa shape index (κ1) is 18.3. The van der Waals surface area contributed by atoms with Crippen LogP contribution in [0.1, 0.15) is 5.69 Å². The summed E-state index contributed by atoms with van der Waals surface area (Å²) in [5.41, 5.74) is 5.24. The standard InChI is InChI=1S/C25H23N3O2/c1-30-21-11-12-24-19(16-21)15-20-17-27(13-14-28(20)24)25(29)26-23-10-6-5-9-22(23)18-7-3-2-4-8-18/h2-12,15-16H,13-14,17H2,1H3,(H,26,29). The van der Waals surface area contributed by atoms with Gasteiger partial charge in [-0.1, -0.05) is 48.5 Å². The zero-order valence-electron chi connectivity index (χ0n) is 16.8. The summed E-state index contributed by atoms with van der Waals surface area (Å²) >= 11 is 0. The van der Waals surface area contributed by atoms with E-state index in [0.717, 1.165) is 40.2 Å². The maximum Gasteiger partial charge on any atom is 0.322 e. The normalized spacial score (nSPS) is 13.2. The lowest BCUT2D eigenvalue weighted by atomic mass is 10.0. The summed E-state index contributed by atoms with van der Waals surface area (Å²) < 4.78 is 7.63. The average molecular weight is 397 g/mol. The van der Waals surface area contributed by atoms with Gasteiger partial charge in [-0.2, -0.15) is 0 Å². The molecule has 5 rings (SSSR count). The van der Waals surface area contributed by atoms with Gasteiger partial charge in [0.2, 0.25) is 0 Å². The third-order valence-electron chi connectivity index (χ3n) is 5.68. The lowest BCUT2D eigenvalue weighted by Crippen LogP contribution is -2.40. The maximum absolute atomic E-state index is 13.1. The van der Waals surface area contributed by atoms with E-state index in [1.54, 1.807) is 7.11 Å². The second-order valence-corrected chi connectivity index (χ2v) is 7.48. The molecule has 1 N–H and O–H groups in total. The number of carbonyl (C=O) groups excluding carboxylic acids is 1. The van der Waals surface area contributed by atoms with Gasteiger partial charge in [0.1, 0.15) is 5.75 Å². The van der Waals surface area contributed by atoms with Gasteiger partial charge >= 0.3 is 6.03 Å². The van der Waals surface area contributed by atoms with Crippen LogP contribution < -0.4 is 10.1 Å². The first-order valence-electron chi connectivity index (χ1n) is 10.1. The number of ether oxygens (including phenoxy) is 1. The first-order valence-corrected chi connectivity index (χ1v) is 10.1. The van der Waals surface area contributed by atoms with Crippen LogP contribution in [0.5, 0.6) is 5.75 Å². The van der Waals surface area contributed by atoms with E-state index in [1.165, 1.54) is 5.52 Å². The molecule has 0 bridgehead atoms. The Labute approximate surface area is 175 Å². The van der Waals surface area contributed by atoms with E-state index >= 15 is 0 Å². The molecule has 5 nitrogen and oxygen atoms in total. The number of aromatic nitrogens is 1. The Morgan fingerprint density at radius 1 is 0.933 bits per heavy atom. The third kappa shape index (κ3) is 3.28. The molecule has 0 saturated heterocycles. The van der Waals surface area contributed by atoms with Gasteiger partial charge in [-0.05, 0) is 35.9 Å². The highest BCUT2D eigenvalue weighted by Crippen LogP contribution is 2.30. The molecule has 4 aromatic rings. The number of fused-ring (bicyclic) bond motifs is 3. The zero-order chi connectivity index (χ0) is 20.5. The van der Waals surface area contributed by atoms with Gasteiger partial charge in [-0.25, -0.2) is 4.79 Å². The van der Waals surface area contributed by atoms with Crippen molar-refractivity contribution in [1.82, 2.24) is 9.47 Å². The number of urea groups is 1. The van der Waals surface area contributed by atoms with Crippen LogP contribution in [0.2, 0.25) is 0 Å². The van der Waals surface area contributed by atoms with Crippen LogP contribution in [-0.2, 0) is 13.1 Å². The van der Waals surface area contributed by atoms with Gasteiger partial charge in [0.05, 0.1) is 19.3 Å². The van der Waals surface area contributed by atoms with Crippen molar-refractivity contribution >= 4 is 22.6 Å². The van der Waals surface area contributed by atoms with Crippen LogP contribution >= 0.6 is 0 Å². The molecule has 2 heterocycles. The van der Waals surface area contributed by atoms with Crippen LogP contribution in [-0.4, -0.2) is 29.2 Å². The Bertz CT molecular complexity index is 1210. The number of methoxy groups -OCH3 is 1. The fourth-order valence-corrected chi connectivity index (χ4v) is 4.15. The van der Waals surface area contributed by atoms with Crippen LogP contribution in [0.25, 0.3) is 22.0 Å². The van der Waals surface area contributed by atoms with Crippen LogP contribution in [0.3, 0.4) is 0 Å². The molecule has 0 aliphatic carbocycles. The number of amides is 2. The molecule has 3 aromatic carbocycles. The van der Waals surface area contributed by atoms with Crippen molar-refractivity contribution in [3.8, 4) is 16.9 Å². The highest BCUT2D eigenvalue weighted by atomic mass is 16.5. The van der Waals surface area contributed by atoms with Crippen molar-refractivity contribution in [1.29, 1.82) is 0 Å². The Hall–Kier alpha value is -3.73. The van der Waals surface area contributed by atoms with Gasteiger partial charge in [0, 0.05) is 35.2 Å². The van der Waals surface area contributed by atoms with E-state index in [-0.39, 0.29) is 6.03 Å². The first-order chi connectivity index (χ1) is 14.7. The lowest BCUT2D eigenvalue weighted by molar-refractivity contribution is 0.198. The number of anilines is 1. The fourth-order valence-electron chi connectivity index (χ4n) is 4.15. The maximum atomic E-state index is 13.1. The van der Waals surface area contributed by atoms with Crippen molar-refractivity contribution in [3.05, 3.63) is 84.6 Å². The number of rotatable bonds is 3. The van der Waals surface area contributed by atoms with Crippen molar-refractivity contribution < 1.29 is 9.53 Å². The summed E-state index contributed by atoms with van der Waals surface area (Å²) in [4.78, 5) is 14.9. The number of hydrogen-bond donors (Lipinski definition) is 1. The van der Waals surface area contributed by atoms with Gasteiger partial charge < -0.3 is 19.5 Å². The summed E-state index contributed by atoms with van der Waals surface area (Å²) in [7, 11) is 1.68. The minimum absolute atomic E-state index is 0.0764. The lowest BCUT2D eigenvalue weighted by Gasteiger charge is -2.29. The molecule has 5 heteroatoms. The Balaban J connectivity index is 1.38. The second kappa shape index (κ2) is 7.59. The van der Waals surface area contributed by atoms with Gasteiger partial charge in [0.25, 0.3) is 0 Å². The molecule has 150 valence electrons. The van der Waals surface area contributed by atoms with Crippen LogP contribution in [0, 0.1) is 0 Å². The van der Waals surface area contributed by atoms with Crippen LogP contribution in [0.4, 0.5) is 10.5 Å². The number of carbonyl (C=O) groups is 1. The van der Waals surface area contributed by atoms with E-state index < -0.39 is 0 Å². The predicted molar refractivity (Wildman–Crippen MR) is 120 cm³/mol. The summed E-state index contributed by atoms with van der Waals surface area (Å²) in [5, 5.41) is 4.26. The summed E-state index contributed by atoms with van der Waals surface area (Å²) in [6.45, 7) is 2.03. The van der Waals surface area contributed by atoms with E-state index in [9.17, 15) is 4.79 Å². The third-order valence-corrected chi connectivity index (χ3v) is 5.68. The van der Waals surface area contributed by atoms with E-state index in [0.29, 0.717) is 13.1 Å². The molecule has 0 fully saturated rings. The minimum atomic E-state index is -0.0764. The number of para-hydroxylation sites is 1. The molecule has 0 atom stereocenters. The topological polar surface area (TPSA) is 46.5 Å². The monoisotopic (exact) mass is 397 g/mol. The Kier molecular flexibility index (Phi) is 4.64. The summed E-state index contributed by atoms with van der Waals surface area (Å²) in [6.07, 6.45) is 0. The van der Waals surface area contributed by atoms with Gasteiger partial charge in [-0.3, -0.25) is 0 Å². The number of benzene rings is 3. The molecule has 2 amide bonds. The van der Waals surface area contributed by atoms with E-state index in [2.05, 4.69) is 34.1 Å². The second-order valence-electron chi connectivity index (χ2n) is 7.48. The summed E-state index contributed by atoms with van der Waals surface area (Å²) in [6, 6.07) is 26.2. The SMILES string of the molecule is COc1ccc2c(c1)cc1n2CCN(C(=O)Nc2ccccc2-c2ccccc2)C1. The molecule has 0 spiro atoms. The predicted octanol–water partition coefficient (Wildman–Crippen LogP) is 5.36. The quantitative estimate of drug-likeness (QED) is 0.506. The molecule has 0 radical (unpaired) electrons. The minimum Gasteiger partial charge on any atom is -0.497 e. The van der Waals surface area contributed by atoms with Crippen LogP contribution in [0.15, 0.2) is 78.9 Å². The van der Waals surface area contributed by atoms with Crippen molar-refractivity contribution in [2.45, 2.75) is 13.1 Å². The molecule has 0 saturated carbocycles. The average Bonchev–Trinajstić information content (AvgIpc) is 3.16. The van der Waals surface area contributed by atoms with E-state index in [4.69, 9.17) is 4.74 Å². The molecular weight excluding hydrogens is 374 g/mol. The number of nitrogens with one attached hydrogen (secondary N) is 1. The van der Waals surface area contributed by atoms with Crippen molar-refractivity contribution in [2.75, 3.05) is 19.0 Å². The number of hydrogen-bond acceptors (Lipinski definition) is 2. The highest BCUT2D eigenvalue weighted by Gasteiger charge is 2.23. The Morgan fingerprint density at radius 3 is 2.57 bits per heavy atom. The summed E-state index contributed by atoms with van der Waals surface area (Å²) in [5.74, 6) is 0.845. The van der Waals surface area contributed by atoms with Gasteiger partial charge in [-0.15, -0.1) is 0 Å². The van der Waals surface area contributed by atoms with E-state index in [1.807, 2.05) is 59.5 Å². The highest BCUT2D eigenvalue weighted by molar-refractivity contribution is 5.94. The fraction of sp³-hybridized carbons (Fsp3) is 0.160. The smallest absolute Gasteiger partial charge is 0.322 e. The molecule has 1 aliphatic heterocycles. The molecule has 1 aliphatic rings. The van der Waals surface area contributed by atoms with Gasteiger partial charge in [0.15, 0.2) is 0 Å². The zero-order valence-corrected chi connectivity index (χ0v) is 16.8.